The Labute approximate surface area is 84.4 Å². The monoisotopic (exact) mass is 192 g/mol. The molecule has 14 heavy (non-hydrogen) atoms. The average Bonchev–Trinajstić information content (AvgIpc) is 2.52. The van der Waals surface area contributed by atoms with Crippen LogP contribution in [0.5, 0.6) is 0 Å². The SMILES string of the molecule is C=C(C)C(=O)Cc1ccn(C(C)C)n1. The van der Waals surface area contributed by atoms with Gasteiger partial charge >= 0.3 is 0 Å². The Morgan fingerprint density at radius 2 is 2.29 bits per heavy atom. The van der Waals surface area contributed by atoms with Gasteiger partial charge in [-0.1, -0.05) is 6.58 Å². The summed E-state index contributed by atoms with van der Waals surface area (Å²) in [6, 6.07) is 2.21. The van der Waals surface area contributed by atoms with Gasteiger partial charge in [0.25, 0.3) is 0 Å². The van der Waals surface area contributed by atoms with Gasteiger partial charge in [0.1, 0.15) is 0 Å². The first-order chi connectivity index (χ1) is 6.50. The van der Waals surface area contributed by atoms with Crippen LogP contribution >= 0.6 is 0 Å². The van der Waals surface area contributed by atoms with Crippen molar-refractivity contribution in [2.24, 2.45) is 0 Å². The van der Waals surface area contributed by atoms with Crippen LogP contribution in [0.15, 0.2) is 24.4 Å². The van der Waals surface area contributed by atoms with Crippen LogP contribution in [0.1, 0.15) is 32.5 Å². The van der Waals surface area contributed by atoms with Crippen LogP contribution < -0.4 is 0 Å². The van der Waals surface area contributed by atoms with Crippen molar-refractivity contribution >= 4 is 5.78 Å². The van der Waals surface area contributed by atoms with Gasteiger partial charge in [0.15, 0.2) is 5.78 Å². The first kappa shape index (κ1) is 10.7. The molecule has 0 atom stereocenters. The number of hydrogen-bond acceptors (Lipinski definition) is 2. The van der Waals surface area contributed by atoms with Crippen LogP contribution in [-0.2, 0) is 11.2 Å². The molecule has 0 radical (unpaired) electrons. The van der Waals surface area contributed by atoms with E-state index in [1.165, 1.54) is 0 Å². The molecule has 0 aliphatic carbocycles. The molecule has 0 saturated heterocycles. The minimum absolute atomic E-state index is 0.0546. The van der Waals surface area contributed by atoms with E-state index in [0.29, 0.717) is 18.0 Å². The standard InChI is InChI=1S/C11H16N2O/c1-8(2)11(14)7-10-5-6-13(12-10)9(3)4/h5-6,9H,1,7H2,2-4H3. The Morgan fingerprint density at radius 3 is 2.71 bits per heavy atom. The maximum atomic E-state index is 11.3. The molecule has 1 aromatic rings. The Bertz CT molecular complexity index is 350. The summed E-state index contributed by atoms with van der Waals surface area (Å²) in [5.74, 6) is 0.0546. The van der Waals surface area contributed by atoms with E-state index in [-0.39, 0.29) is 5.78 Å². The lowest BCUT2D eigenvalue weighted by molar-refractivity contribution is -0.114. The molecule has 0 aliphatic heterocycles. The van der Waals surface area contributed by atoms with Gasteiger partial charge in [-0.2, -0.15) is 5.10 Å². The third kappa shape index (κ3) is 2.55. The number of carbonyl (C=O) groups is 1. The number of aromatic nitrogens is 2. The number of nitrogens with zero attached hydrogens (tertiary/aromatic N) is 2. The molecule has 76 valence electrons. The maximum Gasteiger partial charge on any atom is 0.163 e. The molecule has 0 unspecified atom stereocenters. The second-order valence-corrected chi connectivity index (χ2v) is 3.76. The van der Waals surface area contributed by atoms with E-state index in [4.69, 9.17) is 0 Å². The van der Waals surface area contributed by atoms with Crippen LogP contribution in [-0.4, -0.2) is 15.6 Å². The highest BCUT2D eigenvalue weighted by molar-refractivity contribution is 5.95. The Hall–Kier alpha value is -1.38. The topological polar surface area (TPSA) is 34.9 Å². The molecule has 0 spiro atoms. The smallest absolute Gasteiger partial charge is 0.163 e. The molecular formula is C11H16N2O. The lowest BCUT2D eigenvalue weighted by Crippen LogP contribution is -2.06. The van der Waals surface area contributed by atoms with Crippen LogP contribution in [0.2, 0.25) is 0 Å². The van der Waals surface area contributed by atoms with Gasteiger partial charge in [-0.3, -0.25) is 9.48 Å². The normalized spacial score (nSPS) is 10.6. The first-order valence-corrected chi connectivity index (χ1v) is 4.73. The van der Waals surface area contributed by atoms with E-state index < -0.39 is 0 Å². The van der Waals surface area contributed by atoms with Crippen LogP contribution in [0.3, 0.4) is 0 Å². The quantitative estimate of drug-likeness (QED) is 0.685. The molecular weight excluding hydrogens is 176 g/mol. The van der Waals surface area contributed by atoms with E-state index in [9.17, 15) is 4.79 Å². The Kier molecular flexibility index (Phi) is 3.23. The lowest BCUT2D eigenvalue weighted by Gasteiger charge is -2.03. The minimum atomic E-state index is 0.0546. The van der Waals surface area contributed by atoms with Crippen molar-refractivity contribution < 1.29 is 4.79 Å². The van der Waals surface area contributed by atoms with E-state index in [1.54, 1.807) is 6.92 Å². The molecule has 3 nitrogen and oxygen atoms in total. The average molecular weight is 192 g/mol. The summed E-state index contributed by atoms with van der Waals surface area (Å²) in [7, 11) is 0. The van der Waals surface area contributed by atoms with E-state index in [1.807, 2.05) is 16.9 Å². The first-order valence-electron chi connectivity index (χ1n) is 4.73. The number of ketones is 1. The number of rotatable bonds is 4. The second kappa shape index (κ2) is 4.22. The van der Waals surface area contributed by atoms with E-state index in [0.717, 1.165) is 5.69 Å². The summed E-state index contributed by atoms with van der Waals surface area (Å²) in [6.45, 7) is 9.44. The van der Waals surface area contributed by atoms with Crippen LogP contribution in [0, 0.1) is 0 Å². The zero-order chi connectivity index (χ0) is 10.7. The summed E-state index contributed by atoms with van der Waals surface area (Å²) in [4.78, 5) is 11.3. The van der Waals surface area contributed by atoms with Gasteiger partial charge in [0, 0.05) is 12.2 Å². The van der Waals surface area contributed by atoms with Gasteiger partial charge < -0.3 is 0 Å². The lowest BCUT2D eigenvalue weighted by atomic mass is 10.1. The van der Waals surface area contributed by atoms with Gasteiger partial charge in [-0.25, -0.2) is 0 Å². The third-order valence-corrected chi connectivity index (χ3v) is 2.01. The van der Waals surface area contributed by atoms with Crippen molar-refractivity contribution in [2.45, 2.75) is 33.2 Å². The molecule has 1 rings (SSSR count). The van der Waals surface area contributed by atoms with Crippen molar-refractivity contribution in [3.05, 3.63) is 30.1 Å². The zero-order valence-corrected chi connectivity index (χ0v) is 8.95. The second-order valence-electron chi connectivity index (χ2n) is 3.76. The van der Waals surface area contributed by atoms with Gasteiger partial charge in [0.2, 0.25) is 0 Å². The molecule has 0 amide bonds. The number of allylic oxidation sites excluding steroid dienone is 1. The summed E-state index contributed by atoms with van der Waals surface area (Å²) >= 11 is 0. The molecule has 3 heteroatoms. The molecule has 0 fully saturated rings. The summed E-state index contributed by atoms with van der Waals surface area (Å²) in [5, 5.41) is 4.29. The molecule has 0 aliphatic rings. The van der Waals surface area contributed by atoms with Crippen LogP contribution in [0.4, 0.5) is 0 Å². The van der Waals surface area contributed by atoms with Crippen LogP contribution in [0.25, 0.3) is 0 Å². The van der Waals surface area contributed by atoms with Crippen molar-refractivity contribution in [1.29, 1.82) is 0 Å². The minimum Gasteiger partial charge on any atom is -0.294 e. The van der Waals surface area contributed by atoms with Crippen molar-refractivity contribution in [2.75, 3.05) is 0 Å². The molecule has 1 heterocycles. The number of Topliss-reactive ketones (excluding diaryl/α,β-unsaturated/α-hetero) is 1. The van der Waals surface area contributed by atoms with Gasteiger partial charge in [-0.15, -0.1) is 0 Å². The van der Waals surface area contributed by atoms with Crippen molar-refractivity contribution in [3.8, 4) is 0 Å². The molecule has 0 N–H and O–H groups in total. The van der Waals surface area contributed by atoms with E-state index >= 15 is 0 Å². The van der Waals surface area contributed by atoms with Gasteiger partial charge in [0.05, 0.1) is 12.1 Å². The number of carbonyl (C=O) groups excluding carboxylic acids is 1. The fraction of sp³-hybridized carbons (Fsp3) is 0.455. The largest absolute Gasteiger partial charge is 0.294 e. The van der Waals surface area contributed by atoms with Crippen molar-refractivity contribution in [1.82, 2.24) is 9.78 Å². The predicted molar refractivity (Wildman–Crippen MR) is 56.1 cm³/mol. The zero-order valence-electron chi connectivity index (χ0n) is 8.95. The van der Waals surface area contributed by atoms with Crippen molar-refractivity contribution in [3.63, 3.8) is 0 Å². The molecule has 1 aromatic heterocycles. The Morgan fingerprint density at radius 1 is 1.64 bits per heavy atom. The predicted octanol–water partition coefficient (Wildman–Crippen LogP) is 2.15. The highest BCUT2D eigenvalue weighted by Gasteiger charge is 2.07. The fourth-order valence-electron chi connectivity index (χ4n) is 1.07. The molecule has 0 saturated carbocycles. The highest BCUT2D eigenvalue weighted by Crippen LogP contribution is 2.06. The molecule has 0 bridgehead atoms. The summed E-state index contributed by atoms with van der Waals surface area (Å²) in [6.07, 6.45) is 2.25. The Balaban J connectivity index is 2.69. The molecule has 0 aromatic carbocycles. The van der Waals surface area contributed by atoms with Gasteiger partial charge in [-0.05, 0) is 32.4 Å². The maximum absolute atomic E-state index is 11.3. The highest BCUT2D eigenvalue weighted by atomic mass is 16.1. The third-order valence-electron chi connectivity index (χ3n) is 2.01. The summed E-state index contributed by atoms with van der Waals surface area (Å²) < 4.78 is 1.85. The number of hydrogen-bond donors (Lipinski definition) is 0. The summed E-state index contributed by atoms with van der Waals surface area (Å²) in [5.41, 5.74) is 1.40. The fourth-order valence-corrected chi connectivity index (χ4v) is 1.07. The van der Waals surface area contributed by atoms with E-state index in [2.05, 4.69) is 25.5 Å².